The van der Waals surface area contributed by atoms with Crippen molar-refractivity contribution in [2.45, 2.75) is 25.8 Å². The number of anilines is 2. The smallest absolute Gasteiger partial charge is 0.225 e. The van der Waals surface area contributed by atoms with E-state index >= 15 is 0 Å². The van der Waals surface area contributed by atoms with Crippen molar-refractivity contribution in [3.05, 3.63) is 48.8 Å². The molecular weight excluding hydrogens is 412 g/mol. The monoisotopic (exact) mass is 444 g/mol. The summed E-state index contributed by atoms with van der Waals surface area (Å²) in [6.45, 7) is 8.72. The maximum Gasteiger partial charge on any atom is 0.225 e. The van der Waals surface area contributed by atoms with Gasteiger partial charge in [-0.3, -0.25) is 4.79 Å². The van der Waals surface area contributed by atoms with Crippen molar-refractivity contribution in [2.75, 3.05) is 55.6 Å². The Morgan fingerprint density at radius 1 is 0.970 bits per heavy atom. The summed E-state index contributed by atoms with van der Waals surface area (Å²) in [5.41, 5.74) is 5.99. The van der Waals surface area contributed by atoms with Gasteiger partial charge in [-0.15, -0.1) is 0 Å². The maximum absolute atomic E-state index is 12.4. The van der Waals surface area contributed by atoms with E-state index in [2.05, 4.69) is 74.6 Å². The van der Waals surface area contributed by atoms with E-state index in [-0.39, 0.29) is 0 Å². The summed E-state index contributed by atoms with van der Waals surface area (Å²) >= 11 is 0. The van der Waals surface area contributed by atoms with Gasteiger partial charge in [0.25, 0.3) is 0 Å². The second-order valence-electron chi connectivity index (χ2n) is 9.71. The highest BCUT2D eigenvalue weighted by Crippen LogP contribution is 2.33. The first-order chi connectivity index (χ1) is 16.2. The van der Waals surface area contributed by atoms with Crippen LogP contribution in [0.25, 0.3) is 16.6 Å². The van der Waals surface area contributed by atoms with Crippen LogP contribution in [0.1, 0.15) is 19.8 Å². The van der Waals surface area contributed by atoms with Crippen LogP contribution in [-0.2, 0) is 4.79 Å². The van der Waals surface area contributed by atoms with Crippen LogP contribution >= 0.6 is 0 Å². The highest BCUT2D eigenvalue weighted by Gasteiger charge is 2.34. The van der Waals surface area contributed by atoms with E-state index in [0.29, 0.717) is 17.9 Å². The first-order valence-electron chi connectivity index (χ1n) is 12.3. The van der Waals surface area contributed by atoms with E-state index < -0.39 is 0 Å². The first-order valence-corrected chi connectivity index (χ1v) is 12.3. The fourth-order valence-electron chi connectivity index (χ4n) is 5.21. The molecule has 2 aliphatic heterocycles. The molecule has 2 aromatic heterocycles. The van der Waals surface area contributed by atoms with Gasteiger partial charge in [-0.25, -0.2) is 4.52 Å². The Morgan fingerprint density at radius 2 is 1.76 bits per heavy atom. The van der Waals surface area contributed by atoms with Gasteiger partial charge >= 0.3 is 0 Å². The molecule has 4 heterocycles. The lowest BCUT2D eigenvalue weighted by atomic mass is 10.1. The highest BCUT2D eigenvalue weighted by atomic mass is 16.2. The molecule has 6 rings (SSSR count). The molecule has 0 radical (unpaired) electrons. The van der Waals surface area contributed by atoms with Gasteiger partial charge in [0.1, 0.15) is 0 Å². The molecule has 1 N–H and O–H groups in total. The van der Waals surface area contributed by atoms with Crippen molar-refractivity contribution in [1.82, 2.24) is 19.8 Å². The Hall–Kier alpha value is -3.06. The number of hydrogen-bond acceptors (Lipinski definition) is 5. The summed E-state index contributed by atoms with van der Waals surface area (Å²) in [6, 6.07) is 13.8. The van der Waals surface area contributed by atoms with Crippen LogP contribution in [0.15, 0.2) is 48.8 Å². The third kappa shape index (κ3) is 4.06. The third-order valence-electron chi connectivity index (χ3n) is 7.28. The minimum Gasteiger partial charge on any atom is -0.369 e. The van der Waals surface area contributed by atoms with Crippen LogP contribution in [0.4, 0.5) is 11.4 Å². The number of hydrogen-bond donors (Lipinski definition) is 1. The number of carbonyl (C=O) groups excluding carboxylic acids is 1. The molecule has 0 bridgehead atoms. The minimum absolute atomic E-state index is 0.304. The largest absolute Gasteiger partial charge is 0.369 e. The van der Waals surface area contributed by atoms with Gasteiger partial charge in [0.05, 0.1) is 11.2 Å². The summed E-state index contributed by atoms with van der Waals surface area (Å²) in [7, 11) is 0. The number of fused-ring (bicyclic) bond motifs is 1. The predicted octanol–water partition coefficient (Wildman–Crippen LogP) is 2.86. The van der Waals surface area contributed by atoms with Crippen molar-refractivity contribution in [3.63, 3.8) is 0 Å². The molecule has 0 unspecified atom stereocenters. The summed E-state index contributed by atoms with van der Waals surface area (Å²) in [4.78, 5) is 19.3. The molecule has 3 fully saturated rings. The third-order valence-corrected chi connectivity index (χ3v) is 7.28. The summed E-state index contributed by atoms with van der Waals surface area (Å²) in [6.07, 6.45) is 6.15. The van der Waals surface area contributed by atoms with Gasteiger partial charge < -0.3 is 20.0 Å². The van der Waals surface area contributed by atoms with E-state index in [9.17, 15) is 4.79 Å². The molecule has 1 amide bonds. The van der Waals surface area contributed by atoms with E-state index in [1.807, 2.05) is 10.7 Å². The van der Waals surface area contributed by atoms with Gasteiger partial charge in [0.15, 0.2) is 0 Å². The first kappa shape index (κ1) is 20.5. The van der Waals surface area contributed by atoms with Crippen molar-refractivity contribution < 1.29 is 4.79 Å². The number of nitrogens with one attached hydrogen (secondary N) is 1. The highest BCUT2D eigenvalue weighted by molar-refractivity contribution is 5.82. The molecule has 172 valence electrons. The minimum atomic E-state index is 0.304. The lowest BCUT2D eigenvalue weighted by molar-refractivity contribution is -0.132. The SMILES string of the molecule is C[C@H]1CN(c2ccc(-c3cc4c(N5CCN(C(=O)C6CC6)CC5)ccnn4c3)cc2)CCN1. The fraction of sp³-hybridized carbons (Fsp3) is 0.462. The van der Waals surface area contributed by atoms with Crippen molar-refractivity contribution in [3.8, 4) is 11.1 Å². The van der Waals surface area contributed by atoms with E-state index in [1.165, 1.54) is 22.5 Å². The Kier molecular flexibility index (Phi) is 5.21. The molecule has 1 aliphatic carbocycles. The Morgan fingerprint density at radius 3 is 2.48 bits per heavy atom. The number of amides is 1. The zero-order valence-corrected chi connectivity index (χ0v) is 19.3. The molecule has 1 aromatic carbocycles. The number of aromatic nitrogens is 2. The Bertz CT molecular complexity index is 1140. The zero-order valence-electron chi connectivity index (χ0n) is 19.3. The lowest BCUT2D eigenvalue weighted by Crippen LogP contribution is -2.49. The Balaban J connectivity index is 1.20. The van der Waals surface area contributed by atoms with Crippen molar-refractivity contribution >= 4 is 22.8 Å². The normalized spacial score (nSPS) is 21.6. The molecule has 3 aliphatic rings. The van der Waals surface area contributed by atoms with Crippen molar-refractivity contribution in [1.29, 1.82) is 0 Å². The molecule has 7 heteroatoms. The summed E-state index contributed by atoms with van der Waals surface area (Å²) in [5.74, 6) is 0.664. The van der Waals surface area contributed by atoms with Gasteiger partial charge in [-0.1, -0.05) is 12.1 Å². The lowest BCUT2D eigenvalue weighted by Gasteiger charge is -2.36. The molecule has 33 heavy (non-hydrogen) atoms. The van der Waals surface area contributed by atoms with Crippen LogP contribution < -0.4 is 15.1 Å². The topological polar surface area (TPSA) is 56.1 Å². The van der Waals surface area contributed by atoms with Gasteiger partial charge in [0, 0.05) is 81.4 Å². The molecule has 7 nitrogen and oxygen atoms in total. The Labute approximate surface area is 195 Å². The second kappa shape index (κ2) is 8.37. The summed E-state index contributed by atoms with van der Waals surface area (Å²) < 4.78 is 1.98. The van der Waals surface area contributed by atoms with E-state index in [0.717, 1.165) is 64.2 Å². The average Bonchev–Trinajstić information content (AvgIpc) is 3.61. The van der Waals surface area contributed by atoms with Crippen LogP contribution in [0, 0.1) is 5.92 Å². The molecule has 1 saturated carbocycles. The van der Waals surface area contributed by atoms with Crippen LogP contribution in [0.5, 0.6) is 0 Å². The number of piperazine rings is 2. The molecule has 1 atom stereocenters. The van der Waals surface area contributed by atoms with Crippen LogP contribution in [-0.4, -0.2) is 72.3 Å². The maximum atomic E-state index is 12.4. The molecule has 0 spiro atoms. The predicted molar refractivity (Wildman–Crippen MR) is 132 cm³/mol. The average molecular weight is 445 g/mol. The number of benzene rings is 1. The number of rotatable bonds is 4. The standard InChI is InChI=1S/C26H32N6O/c1-19-17-31(11-10-27-19)23-6-4-20(5-7-23)22-16-25-24(8-9-28-32(25)18-22)29-12-14-30(15-13-29)26(33)21-2-3-21/h4-9,16,18-19,21,27H,2-3,10-15,17H2,1H3/t19-/m0/s1. The summed E-state index contributed by atoms with van der Waals surface area (Å²) in [5, 5.41) is 8.07. The fourth-order valence-corrected chi connectivity index (χ4v) is 5.21. The van der Waals surface area contributed by atoms with Crippen LogP contribution in [0.2, 0.25) is 0 Å². The van der Waals surface area contributed by atoms with E-state index in [1.54, 1.807) is 0 Å². The van der Waals surface area contributed by atoms with Crippen LogP contribution in [0.3, 0.4) is 0 Å². The van der Waals surface area contributed by atoms with E-state index in [4.69, 9.17) is 0 Å². The van der Waals surface area contributed by atoms with Gasteiger partial charge in [0.2, 0.25) is 5.91 Å². The molecule has 3 aromatic rings. The molecule has 2 saturated heterocycles. The van der Waals surface area contributed by atoms with Gasteiger partial charge in [-0.2, -0.15) is 5.10 Å². The molecular formula is C26H32N6O. The second-order valence-corrected chi connectivity index (χ2v) is 9.71. The zero-order chi connectivity index (χ0) is 22.4. The number of nitrogens with zero attached hydrogens (tertiary/aromatic N) is 5. The van der Waals surface area contributed by atoms with Gasteiger partial charge in [-0.05, 0) is 49.6 Å². The number of carbonyl (C=O) groups is 1. The van der Waals surface area contributed by atoms with Crippen molar-refractivity contribution in [2.24, 2.45) is 5.92 Å². The quantitative estimate of drug-likeness (QED) is 0.671.